The Morgan fingerprint density at radius 1 is 1.31 bits per heavy atom. The summed E-state index contributed by atoms with van der Waals surface area (Å²) in [7, 11) is 0. The fourth-order valence-electron chi connectivity index (χ4n) is 1.99. The summed E-state index contributed by atoms with van der Waals surface area (Å²) in [5, 5.41) is 7.15. The molecule has 0 saturated heterocycles. The van der Waals surface area contributed by atoms with E-state index in [0.29, 0.717) is 5.82 Å². The number of nitrogens with two attached hydrogens (primary N) is 1. The minimum atomic E-state index is 0.585. The van der Waals surface area contributed by atoms with Gasteiger partial charge in [0, 0.05) is 23.7 Å². The predicted octanol–water partition coefficient (Wildman–Crippen LogP) is 2.01. The summed E-state index contributed by atoms with van der Waals surface area (Å²) in [5.41, 5.74) is 9.21. The number of H-pyrrole nitrogens is 1. The number of pyridine rings is 1. The molecule has 1 fully saturated rings. The first-order valence-corrected chi connectivity index (χ1v) is 5.57. The zero-order chi connectivity index (χ0) is 11.0. The number of nitrogen functional groups attached to an aromatic ring is 1. The van der Waals surface area contributed by atoms with Crippen molar-refractivity contribution in [2.24, 2.45) is 5.92 Å². The summed E-state index contributed by atoms with van der Waals surface area (Å²) in [6.07, 6.45) is 7.27. The normalized spacial score (nSPS) is 15.2. The Balaban J connectivity index is 2.01. The van der Waals surface area contributed by atoms with Crippen LogP contribution in [-0.4, -0.2) is 15.2 Å². The molecule has 0 aliphatic heterocycles. The largest absolute Gasteiger partial charge is 0.382 e. The van der Waals surface area contributed by atoms with Gasteiger partial charge in [0.05, 0.1) is 0 Å². The third-order valence-electron chi connectivity index (χ3n) is 3.03. The Morgan fingerprint density at radius 2 is 2.06 bits per heavy atom. The lowest BCUT2D eigenvalue weighted by atomic mass is 10.0. The lowest BCUT2D eigenvalue weighted by Gasteiger charge is -2.02. The maximum absolute atomic E-state index is 5.91. The molecule has 1 saturated carbocycles. The van der Waals surface area contributed by atoms with Crippen LogP contribution in [0, 0.1) is 5.92 Å². The molecule has 2 aromatic heterocycles. The van der Waals surface area contributed by atoms with Crippen molar-refractivity contribution in [3.8, 4) is 11.1 Å². The minimum absolute atomic E-state index is 0.585. The SMILES string of the molecule is Nc1n[nH]c(CC2CC2)c1-c1ccncc1. The Bertz CT molecular complexity index is 485. The van der Waals surface area contributed by atoms with E-state index in [0.717, 1.165) is 29.2 Å². The summed E-state index contributed by atoms with van der Waals surface area (Å²) >= 11 is 0. The van der Waals surface area contributed by atoms with Crippen molar-refractivity contribution >= 4 is 5.82 Å². The maximum Gasteiger partial charge on any atom is 0.153 e. The molecule has 0 amide bonds. The van der Waals surface area contributed by atoms with Crippen LogP contribution in [0.3, 0.4) is 0 Å². The molecule has 3 rings (SSSR count). The highest BCUT2D eigenvalue weighted by atomic mass is 15.2. The molecule has 0 spiro atoms. The second-order valence-electron chi connectivity index (χ2n) is 4.35. The standard InChI is InChI=1S/C12H14N4/c13-12-11(9-3-5-14-6-4-9)10(15-16-12)7-8-1-2-8/h3-6,8H,1-2,7H2,(H3,13,15,16). The summed E-state index contributed by atoms with van der Waals surface area (Å²) in [5.74, 6) is 1.40. The van der Waals surface area contributed by atoms with Crippen LogP contribution in [0.4, 0.5) is 5.82 Å². The molecular weight excluding hydrogens is 200 g/mol. The highest BCUT2D eigenvalue weighted by Crippen LogP contribution is 2.36. The Kier molecular flexibility index (Phi) is 2.13. The molecule has 2 heterocycles. The third-order valence-corrected chi connectivity index (χ3v) is 3.03. The molecule has 0 radical (unpaired) electrons. The number of hydrogen-bond acceptors (Lipinski definition) is 3. The first-order valence-electron chi connectivity index (χ1n) is 5.57. The predicted molar refractivity (Wildman–Crippen MR) is 62.7 cm³/mol. The van der Waals surface area contributed by atoms with Crippen LogP contribution in [0.1, 0.15) is 18.5 Å². The molecule has 1 aliphatic carbocycles. The zero-order valence-corrected chi connectivity index (χ0v) is 8.98. The average Bonchev–Trinajstić information content (AvgIpc) is 3.04. The second kappa shape index (κ2) is 3.63. The molecule has 4 nitrogen and oxygen atoms in total. The Morgan fingerprint density at radius 3 is 2.75 bits per heavy atom. The van der Waals surface area contributed by atoms with Gasteiger partial charge in [0.15, 0.2) is 5.82 Å². The van der Waals surface area contributed by atoms with Crippen LogP contribution in [0.5, 0.6) is 0 Å². The summed E-state index contributed by atoms with van der Waals surface area (Å²) in [4.78, 5) is 4.02. The number of rotatable bonds is 3. The molecule has 16 heavy (non-hydrogen) atoms. The van der Waals surface area contributed by atoms with Gasteiger partial charge in [0.25, 0.3) is 0 Å². The van der Waals surface area contributed by atoms with Crippen molar-refractivity contribution in [1.29, 1.82) is 0 Å². The van der Waals surface area contributed by atoms with Crippen LogP contribution >= 0.6 is 0 Å². The van der Waals surface area contributed by atoms with E-state index in [9.17, 15) is 0 Å². The van der Waals surface area contributed by atoms with Crippen molar-refractivity contribution in [2.45, 2.75) is 19.3 Å². The van der Waals surface area contributed by atoms with Gasteiger partial charge >= 0.3 is 0 Å². The van der Waals surface area contributed by atoms with Gasteiger partial charge in [-0.15, -0.1) is 0 Å². The Labute approximate surface area is 93.9 Å². The molecule has 3 N–H and O–H groups in total. The van der Waals surface area contributed by atoms with Gasteiger partial charge in [-0.3, -0.25) is 10.1 Å². The molecule has 82 valence electrons. The zero-order valence-electron chi connectivity index (χ0n) is 8.98. The van der Waals surface area contributed by atoms with Crippen molar-refractivity contribution in [2.75, 3.05) is 5.73 Å². The molecule has 2 aromatic rings. The van der Waals surface area contributed by atoms with E-state index in [1.54, 1.807) is 12.4 Å². The molecule has 4 heteroatoms. The number of anilines is 1. The molecule has 0 aromatic carbocycles. The van der Waals surface area contributed by atoms with Crippen molar-refractivity contribution < 1.29 is 0 Å². The van der Waals surface area contributed by atoms with Crippen molar-refractivity contribution in [1.82, 2.24) is 15.2 Å². The summed E-state index contributed by atoms with van der Waals surface area (Å²) in [6.45, 7) is 0. The van der Waals surface area contributed by atoms with E-state index in [1.165, 1.54) is 12.8 Å². The molecule has 0 bridgehead atoms. The summed E-state index contributed by atoms with van der Waals surface area (Å²) in [6, 6.07) is 3.94. The summed E-state index contributed by atoms with van der Waals surface area (Å²) < 4.78 is 0. The lowest BCUT2D eigenvalue weighted by Crippen LogP contribution is -1.92. The van der Waals surface area contributed by atoms with Crippen LogP contribution in [0.25, 0.3) is 11.1 Å². The van der Waals surface area contributed by atoms with Crippen LogP contribution in [0.2, 0.25) is 0 Å². The van der Waals surface area contributed by atoms with E-state index in [-0.39, 0.29) is 0 Å². The van der Waals surface area contributed by atoms with Crippen molar-refractivity contribution in [3.63, 3.8) is 0 Å². The number of hydrogen-bond donors (Lipinski definition) is 2. The van der Waals surface area contributed by atoms with E-state index in [1.807, 2.05) is 12.1 Å². The van der Waals surface area contributed by atoms with E-state index in [4.69, 9.17) is 5.73 Å². The van der Waals surface area contributed by atoms with Gasteiger partial charge in [0.1, 0.15) is 0 Å². The van der Waals surface area contributed by atoms with Gasteiger partial charge in [0.2, 0.25) is 0 Å². The number of aromatic nitrogens is 3. The highest BCUT2D eigenvalue weighted by Gasteiger charge is 2.24. The van der Waals surface area contributed by atoms with Gasteiger partial charge in [-0.05, 0) is 42.9 Å². The maximum atomic E-state index is 5.91. The minimum Gasteiger partial charge on any atom is -0.382 e. The van der Waals surface area contributed by atoms with E-state index in [2.05, 4.69) is 15.2 Å². The first-order chi connectivity index (χ1) is 7.84. The average molecular weight is 214 g/mol. The monoisotopic (exact) mass is 214 g/mol. The molecule has 1 aliphatic rings. The van der Waals surface area contributed by atoms with Crippen LogP contribution in [-0.2, 0) is 6.42 Å². The molecule has 0 atom stereocenters. The fourth-order valence-corrected chi connectivity index (χ4v) is 1.99. The van der Waals surface area contributed by atoms with Crippen LogP contribution in [0.15, 0.2) is 24.5 Å². The highest BCUT2D eigenvalue weighted by molar-refractivity contribution is 5.75. The number of nitrogens with one attached hydrogen (secondary N) is 1. The quantitative estimate of drug-likeness (QED) is 0.821. The van der Waals surface area contributed by atoms with Crippen LogP contribution < -0.4 is 5.73 Å². The van der Waals surface area contributed by atoms with Gasteiger partial charge in [-0.2, -0.15) is 5.10 Å². The van der Waals surface area contributed by atoms with Gasteiger partial charge in [-0.25, -0.2) is 0 Å². The Hall–Kier alpha value is -1.84. The second-order valence-corrected chi connectivity index (χ2v) is 4.35. The fraction of sp³-hybridized carbons (Fsp3) is 0.333. The number of nitrogens with zero attached hydrogens (tertiary/aromatic N) is 2. The van der Waals surface area contributed by atoms with Gasteiger partial charge in [-0.1, -0.05) is 0 Å². The van der Waals surface area contributed by atoms with Crippen molar-refractivity contribution in [3.05, 3.63) is 30.2 Å². The van der Waals surface area contributed by atoms with E-state index >= 15 is 0 Å². The smallest absolute Gasteiger partial charge is 0.153 e. The van der Waals surface area contributed by atoms with E-state index < -0.39 is 0 Å². The first kappa shape index (κ1) is 9.39. The topological polar surface area (TPSA) is 67.6 Å². The third kappa shape index (κ3) is 1.66. The number of aromatic amines is 1. The molecular formula is C12H14N4. The van der Waals surface area contributed by atoms with Gasteiger partial charge < -0.3 is 5.73 Å². The molecule has 0 unspecified atom stereocenters. The lowest BCUT2D eigenvalue weighted by molar-refractivity contribution is 0.798.